The van der Waals surface area contributed by atoms with Gasteiger partial charge in [0, 0.05) is 36.3 Å². The second-order valence-corrected chi connectivity index (χ2v) is 31.2. The molecule has 2 aromatic heterocycles. The van der Waals surface area contributed by atoms with Crippen LogP contribution in [0.25, 0.3) is 0 Å². The molecule has 3 aliphatic carbocycles. The van der Waals surface area contributed by atoms with E-state index in [9.17, 15) is 24.3 Å². The lowest BCUT2D eigenvalue weighted by molar-refractivity contribution is -0.340. The van der Waals surface area contributed by atoms with Gasteiger partial charge in [-0.05, 0) is 105 Å². The van der Waals surface area contributed by atoms with E-state index in [1.165, 1.54) is 31.6 Å². The van der Waals surface area contributed by atoms with Gasteiger partial charge in [0.15, 0.2) is 23.6 Å². The van der Waals surface area contributed by atoms with Crippen LogP contribution in [0.4, 0.5) is 4.79 Å². The second kappa shape index (κ2) is 22.5. The van der Waals surface area contributed by atoms with E-state index in [0.717, 1.165) is 0 Å². The van der Waals surface area contributed by atoms with E-state index >= 15 is 9.59 Å². The Morgan fingerprint density at radius 1 is 0.946 bits per heavy atom. The second-order valence-electron chi connectivity index (χ2n) is 23.1. The number of fused-ring (bicyclic) bond motifs is 5. The standard InChI is InChI=1S/C54H79NO16S2Si/c1-29(2)74(30(3)4,31(5)6)71-43(41(35-20-17-23-63-35)55-49(61)70-50(10,11)12)48(60)66-37-27-54(62)46(68-47(59)36-21-18-24-64-36)44-52(15,32(7)26-38-53(44,28-65-38)69-34(9)56)45(58)42(40(33(37)8)51(54,13)14)67-39(57)22-19-25-73-72-16/h17-18,20-21,23-24,29-32,37-38,41-44,46,62H,19,22,25-28H2,1-16H3,(H,55,61)/t32-,37-,38+,41-,42+,43+,44-,46-,52+,53-,54+/m0/s1. The van der Waals surface area contributed by atoms with Crippen molar-refractivity contribution >= 4 is 65.7 Å². The molecule has 74 heavy (non-hydrogen) atoms. The van der Waals surface area contributed by atoms with Crippen LogP contribution in [0.2, 0.25) is 16.6 Å². The molecular formula is C54H79NO16S2Si. The van der Waals surface area contributed by atoms with Crippen molar-refractivity contribution < 1.29 is 75.6 Å². The molecular weight excluding hydrogens is 1010 g/mol. The van der Waals surface area contributed by atoms with Crippen LogP contribution in [0, 0.1) is 22.7 Å². The molecule has 3 fully saturated rings. The van der Waals surface area contributed by atoms with Crippen LogP contribution in [0.1, 0.15) is 152 Å². The van der Waals surface area contributed by atoms with Crippen LogP contribution in [-0.2, 0) is 52.0 Å². The van der Waals surface area contributed by atoms with E-state index in [4.69, 9.17) is 41.7 Å². The molecule has 412 valence electrons. The number of carbonyl (C=O) groups excluding carboxylic acids is 6. The SMILES string of the molecule is CSSCCCC(=O)O[C@H]1C(=O)[C@@]2(C)[C@H]([C@H](OC(=O)c3ccco3)[C@]3(O)C[C@H](OC(=O)[C@H](O[Si](C(C)C)(C(C)C)C(C)C)[C@@H](NC(=O)OC(C)(C)C)c4ccco4)C(C)=C1C3(C)C)[C@]1(OC(C)=O)CO[C@@H]1C[C@@H]2C. The highest BCUT2D eigenvalue weighted by Crippen LogP contribution is 2.66. The summed E-state index contributed by atoms with van der Waals surface area (Å²) in [5.41, 5.74) is -7.95. The fourth-order valence-corrected chi connectivity index (χ4v) is 19.6. The van der Waals surface area contributed by atoms with E-state index < -0.39 is 127 Å². The molecule has 11 atom stereocenters. The van der Waals surface area contributed by atoms with Gasteiger partial charge in [-0.25, -0.2) is 14.4 Å². The zero-order chi connectivity index (χ0) is 55.1. The van der Waals surface area contributed by atoms with Crippen LogP contribution < -0.4 is 5.32 Å². The summed E-state index contributed by atoms with van der Waals surface area (Å²) in [6.07, 6.45) is -3.29. The summed E-state index contributed by atoms with van der Waals surface area (Å²) in [4.78, 5) is 87.9. The third-order valence-electron chi connectivity index (χ3n) is 16.4. The Balaban J connectivity index is 1.62. The van der Waals surface area contributed by atoms with E-state index in [-0.39, 0.29) is 53.2 Å². The minimum absolute atomic E-state index is 0.0375. The summed E-state index contributed by atoms with van der Waals surface area (Å²) < 4.78 is 56.7. The zero-order valence-corrected chi connectivity index (χ0v) is 48.6. The average Bonchev–Trinajstić information content (AvgIpc) is 4.04. The first-order valence-corrected chi connectivity index (χ1v) is 30.6. The Morgan fingerprint density at radius 3 is 2.11 bits per heavy atom. The maximum absolute atomic E-state index is 16.3. The number of esters is 4. The molecule has 1 aliphatic heterocycles. The number of ketones is 1. The number of ether oxygens (including phenoxy) is 6. The fourth-order valence-electron chi connectivity index (χ4n) is 12.8. The third-order valence-corrected chi connectivity index (χ3v) is 24.4. The maximum Gasteiger partial charge on any atom is 0.408 e. The van der Waals surface area contributed by atoms with Crippen LogP contribution in [0.15, 0.2) is 56.8 Å². The smallest absolute Gasteiger partial charge is 0.408 e. The first-order valence-electron chi connectivity index (χ1n) is 25.7. The van der Waals surface area contributed by atoms with Crippen LogP contribution in [-0.4, -0.2) is 115 Å². The van der Waals surface area contributed by atoms with Gasteiger partial charge in [-0.2, -0.15) is 0 Å². The highest BCUT2D eigenvalue weighted by Gasteiger charge is 2.78. The summed E-state index contributed by atoms with van der Waals surface area (Å²) >= 11 is 0. The first-order chi connectivity index (χ1) is 34.4. The van der Waals surface area contributed by atoms with E-state index in [0.29, 0.717) is 17.7 Å². The minimum atomic E-state index is -3.08. The highest BCUT2D eigenvalue weighted by molar-refractivity contribution is 8.76. The van der Waals surface area contributed by atoms with Gasteiger partial charge in [0.1, 0.15) is 41.3 Å². The molecule has 2 bridgehead atoms. The van der Waals surface area contributed by atoms with Gasteiger partial charge in [-0.15, -0.1) is 0 Å². The number of alkyl carbamates (subject to hydrolysis) is 1. The number of rotatable bonds is 19. The Hall–Kier alpha value is -4.08. The first kappa shape index (κ1) is 59.2. The predicted octanol–water partition coefficient (Wildman–Crippen LogP) is 10.3. The highest BCUT2D eigenvalue weighted by atomic mass is 33.1. The van der Waals surface area contributed by atoms with Gasteiger partial charge in [-0.1, -0.05) is 90.8 Å². The van der Waals surface area contributed by atoms with Crippen molar-refractivity contribution in [2.75, 3.05) is 18.6 Å². The zero-order valence-electron chi connectivity index (χ0n) is 45.9. The molecule has 0 aromatic carbocycles. The van der Waals surface area contributed by atoms with Crippen molar-refractivity contribution in [1.82, 2.24) is 5.32 Å². The van der Waals surface area contributed by atoms with Gasteiger partial charge in [0.25, 0.3) is 0 Å². The monoisotopic (exact) mass is 1090 g/mol. The quantitative estimate of drug-likeness (QED) is 0.0333. The number of carbonyl (C=O) groups is 6. The summed E-state index contributed by atoms with van der Waals surface area (Å²) in [5, 5.41) is 17.1. The molecule has 4 aliphatic rings. The lowest BCUT2D eigenvalue weighted by Crippen LogP contribution is -2.81. The largest absolute Gasteiger partial charge is 0.467 e. The Labute approximate surface area is 444 Å². The molecule has 17 nitrogen and oxygen atoms in total. The molecule has 3 heterocycles. The number of hydrogen-bond acceptors (Lipinski definition) is 18. The number of furan rings is 2. The molecule has 0 spiro atoms. The van der Waals surface area contributed by atoms with Crippen LogP contribution >= 0.6 is 21.6 Å². The van der Waals surface area contributed by atoms with Gasteiger partial charge in [-0.3, -0.25) is 14.4 Å². The fraction of sp³-hybridized carbons (Fsp3) is 0.704. The van der Waals surface area contributed by atoms with Crippen molar-refractivity contribution in [3.05, 3.63) is 59.5 Å². The molecule has 1 saturated heterocycles. The van der Waals surface area contributed by atoms with E-state index in [1.807, 2.05) is 54.7 Å². The van der Waals surface area contributed by atoms with E-state index in [1.54, 1.807) is 82.2 Å². The Morgan fingerprint density at radius 2 is 1.58 bits per heavy atom. The van der Waals surface area contributed by atoms with Crippen molar-refractivity contribution in [2.24, 2.45) is 22.7 Å². The summed E-state index contributed by atoms with van der Waals surface area (Å²) in [6.45, 7) is 26.9. The topological polar surface area (TPSA) is 226 Å². The number of aliphatic hydroxyl groups is 1. The normalized spacial score (nSPS) is 29.5. The van der Waals surface area contributed by atoms with Gasteiger partial charge < -0.3 is 52.1 Å². The lowest BCUT2D eigenvalue weighted by Gasteiger charge is -2.68. The summed E-state index contributed by atoms with van der Waals surface area (Å²) in [7, 11) is 0.0511. The summed E-state index contributed by atoms with van der Waals surface area (Å²) in [5.74, 6) is -5.27. The molecule has 1 amide bonds. The number of hydrogen-bond donors (Lipinski definition) is 2. The van der Waals surface area contributed by atoms with E-state index in [2.05, 4.69) is 5.32 Å². The van der Waals surface area contributed by atoms with Crippen molar-refractivity contribution in [1.29, 1.82) is 0 Å². The molecule has 2 aromatic rings. The maximum atomic E-state index is 16.3. The van der Waals surface area contributed by atoms with Crippen molar-refractivity contribution in [2.45, 2.75) is 200 Å². The minimum Gasteiger partial charge on any atom is -0.467 e. The molecule has 20 heteroatoms. The van der Waals surface area contributed by atoms with Gasteiger partial charge >= 0.3 is 30.0 Å². The third kappa shape index (κ3) is 10.9. The molecule has 2 N–H and O–H groups in total. The van der Waals surface area contributed by atoms with Gasteiger partial charge in [0.2, 0.25) is 14.1 Å². The van der Waals surface area contributed by atoms with Crippen LogP contribution in [0.5, 0.6) is 0 Å². The number of amides is 1. The molecule has 0 unspecified atom stereocenters. The Bertz CT molecular complexity index is 2370. The molecule has 6 rings (SSSR count). The molecule has 0 radical (unpaired) electrons. The summed E-state index contributed by atoms with van der Waals surface area (Å²) in [6, 6.07) is 4.80. The predicted molar refractivity (Wildman–Crippen MR) is 280 cm³/mol. The molecule has 2 saturated carbocycles. The number of Topliss-reactive ketones (excluding diaryl/α,β-unsaturated/α-hetero) is 1. The lowest BCUT2D eigenvalue weighted by atomic mass is 9.43. The Kier molecular flexibility index (Phi) is 18.0. The van der Waals surface area contributed by atoms with Crippen molar-refractivity contribution in [3.8, 4) is 0 Å². The van der Waals surface area contributed by atoms with Crippen LogP contribution in [0.3, 0.4) is 0 Å². The van der Waals surface area contributed by atoms with Crippen molar-refractivity contribution in [3.63, 3.8) is 0 Å². The number of nitrogens with one attached hydrogen (secondary N) is 1. The van der Waals surface area contributed by atoms with Gasteiger partial charge in [0.05, 0.1) is 25.1 Å². The average molecular weight is 1090 g/mol.